The molecule has 0 radical (unpaired) electrons. The SMILES string of the molecule is O=C(COC[C@@H]1CCCN1)Nc1ccccc1Cl. The van der Waals surface area contributed by atoms with Gasteiger partial charge in [-0.15, -0.1) is 0 Å². The number of rotatable bonds is 5. The smallest absolute Gasteiger partial charge is 0.250 e. The van der Waals surface area contributed by atoms with E-state index < -0.39 is 0 Å². The van der Waals surface area contributed by atoms with Crippen molar-refractivity contribution in [3.05, 3.63) is 29.3 Å². The minimum Gasteiger partial charge on any atom is -0.370 e. The van der Waals surface area contributed by atoms with Crippen LogP contribution in [0.5, 0.6) is 0 Å². The first kappa shape index (κ1) is 13.3. The maximum atomic E-state index is 11.6. The Hall–Kier alpha value is -1.10. The molecule has 1 aliphatic heterocycles. The maximum Gasteiger partial charge on any atom is 0.250 e. The molecule has 1 aromatic rings. The number of hydrogen-bond acceptors (Lipinski definition) is 3. The number of carbonyl (C=O) groups excluding carboxylic acids is 1. The molecule has 0 saturated carbocycles. The monoisotopic (exact) mass is 268 g/mol. The highest BCUT2D eigenvalue weighted by Crippen LogP contribution is 2.20. The predicted molar refractivity (Wildman–Crippen MR) is 71.9 cm³/mol. The van der Waals surface area contributed by atoms with Crippen molar-refractivity contribution in [2.45, 2.75) is 18.9 Å². The Morgan fingerprint density at radius 1 is 1.50 bits per heavy atom. The normalized spacial score (nSPS) is 18.8. The molecule has 2 N–H and O–H groups in total. The summed E-state index contributed by atoms with van der Waals surface area (Å²) in [5, 5.41) is 6.56. The van der Waals surface area contributed by atoms with Crippen LogP contribution < -0.4 is 10.6 Å². The van der Waals surface area contributed by atoms with Crippen molar-refractivity contribution in [1.29, 1.82) is 0 Å². The Bertz CT molecular complexity index is 406. The molecule has 1 aliphatic rings. The van der Waals surface area contributed by atoms with Gasteiger partial charge in [0.15, 0.2) is 0 Å². The lowest BCUT2D eigenvalue weighted by atomic mass is 10.2. The van der Waals surface area contributed by atoms with Crippen molar-refractivity contribution < 1.29 is 9.53 Å². The Kier molecular flexibility index (Phi) is 4.99. The average molecular weight is 269 g/mol. The van der Waals surface area contributed by atoms with E-state index in [1.165, 1.54) is 6.42 Å². The number of ether oxygens (including phenoxy) is 1. The van der Waals surface area contributed by atoms with Crippen LogP contribution in [-0.4, -0.2) is 31.7 Å². The van der Waals surface area contributed by atoms with Gasteiger partial charge in [-0.2, -0.15) is 0 Å². The number of para-hydroxylation sites is 1. The van der Waals surface area contributed by atoms with E-state index >= 15 is 0 Å². The molecule has 5 heteroatoms. The minimum atomic E-state index is -0.180. The van der Waals surface area contributed by atoms with Crippen LogP contribution in [0.2, 0.25) is 5.02 Å². The lowest BCUT2D eigenvalue weighted by Crippen LogP contribution is -2.29. The van der Waals surface area contributed by atoms with Gasteiger partial charge in [0.05, 0.1) is 17.3 Å². The van der Waals surface area contributed by atoms with Gasteiger partial charge in [0.1, 0.15) is 6.61 Å². The van der Waals surface area contributed by atoms with Gasteiger partial charge in [0.25, 0.3) is 0 Å². The molecule has 4 nitrogen and oxygen atoms in total. The van der Waals surface area contributed by atoms with Gasteiger partial charge in [0, 0.05) is 6.04 Å². The molecule has 0 aromatic heterocycles. The summed E-state index contributed by atoms with van der Waals surface area (Å²) < 4.78 is 5.37. The third-order valence-corrected chi connectivity index (χ3v) is 3.19. The van der Waals surface area contributed by atoms with E-state index in [9.17, 15) is 4.79 Å². The summed E-state index contributed by atoms with van der Waals surface area (Å²) in [5.41, 5.74) is 0.617. The first-order chi connectivity index (χ1) is 8.75. The predicted octanol–water partition coefficient (Wildman–Crippen LogP) is 2.05. The molecule has 1 aromatic carbocycles. The van der Waals surface area contributed by atoms with Crippen molar-refractivity contribution in [3.63, 3.8) is 0 Å². The summed E-state index contributed by atoms with van der Waals surface area (Å²) in [6.07, 6.45) is 2.30. The van der Waals surface area contributed by atoms with Gasteiger partial charge < -0.3 is 15.4 Å². The van der Waals surface area contributed by atoms with E-state index in [0.717, 1.165) is 13.0 Å². The van der Waals surface area contributed by atoms with Crippen molar-refractivity contribution >= 4 is 23.2 Å². The van der Waals surface area contributed by atoms with Crippen LogP contribution in [0.15, 0.2) is 24.3 Å². The zero-order valence-corrected chi connectivity index (χ0v) is 10.9. The highest BCUT2D eigenvalue weighted by atomic mass is 35.5. The van der Waals surface area contributed by atoms with Crippen molar-refractivity contribution in [2.75, 3.05) is 25.1 Å². The van der Waals surface area contributed by atoms with E-state index in [1.807, 2.05) is 12.1 Å². The number of halogens is 1. The third kappa shape index (κ3) is 3.98. The van der Waals surface area contributed by atoms with E-state index in [2.05, 4.69) is 10.6 Å². The molecule has 1 amide bonds. The molecular weight excluding hydrogens is 252 g/mol. The van der Waals surface area contributed by atoms with Crippen LogP contribution in [0.1, 0.15) is 12.8 Å². The van der Waals surface area contributed by atoms with Crippen molar-refractivity contribution in [3.8, 4) is 0 Å². The highest BCUT2D eigenvalue weighted by Gasteiger charge is 2.14. The zero-order chi connectivity index (χ0) is 12.8. The summed E-state index contributed by atoms with van der Waals surface area (Å²) in [7, 11) is 0. The van der Waals surface area contributed by atoms with Crippen LogP contribution in [0.3, 0.4) is 0 Å². The molecule has 1 atom stereocenters. The van der Waals surface area contributed by atoms with Gasteiger partial charge in [-0.3, -0.25) is 4.79 Å². The summed E-state index contributed by atoms with van der Waals surface area (Å²) in [6.45, 7) is 1.68. The first-order valence-corrected chi connectivity index (χ1v) is 6.49. The number of benzene rings is 1. The Morgan fingerprint density at radius 2 is 2.33 bits per heavy atom. The van der Waals surface area contributed by atoms with Crippen molar-refractivity contribution in [1.82, 2.24) is 5.32 Å². The topological polar surface area (TPSA) is 50.4 Å². The van der Waals surface area contributed by atoms with Crippen LogP contribution in [0.25, 0.3) is 0 Å². The summed E-state index contributed by atoms with van der Waals surface area (Å²) in [6, 6.07) is 7.53. The summed E-state index contributed by atoms with van der Waals surface area (Å²) in [5.74, 6) is -0.180. The Labute approximate surface area is 112 Å². The fourth-order valence-electron chi connectivity index (χ4n) is 1.94. The molecule has 1 saturated heterocycles. The third-order valence-electron chi connectivity index (χ3n) is 2.86. The second-order valence-corrected chi connectivity index (χ2v) is 4.74. The molecule has 18 heavy (non-hydrogen) atoms. The highest BCUT2D eigenvalue weighted by molar-refractivity contribution is 6.33. The molecule has 0 aliphatic carbocycles. The van der Waals surface area contributed by atoms with Gasteiger partial charge in [-0.1, -0.05) is 23.7 Å². The summed E-state index contributed by atoms with van der Waals surface area (Å²) >= 11 is 5.94. The van der Waals surface area contributed by atoms with Crippen LogP contribution in [0, 0.1) is 0 Å². The lowest BCUT2D eigenvalue weighted by Gasteiger charge is -2.11. The fourth-order valence-corrected chi connectivity index (χ4v) is 2.12. The minimum absolute atomic E-state index is 0.0589. The van der Waals surface area contributed by atoms with E-state index in [1.54, 1.807) is 12.1 Å². The van der Waals surface area contributed by atoms with Gasteiger partial charge >= 0.3 is 0 Å². The number of anilines is 1. The van der Waals surface area contributed by atoms with Crippen LogP contribution in [-0.2, 0) is 9.53 Å². The standard InChI is InChI=1S/C13H17ClN2O2/c14-11-5-1-2-6-12(11)16-13(17)9-18-8-10-4-3-7-15-10/h1-2,5-6,10,15H,3-4,7-9H2,(H,16,17)/t10-/m0/s1. The number of amides is 1. The quantitative estimate of drug-likeness (QED) is 0.859. The van der Waals surface area contributed by atoms with Gasteiger partial charge in [-0.05, 0) is 31.5 Å². The molecule has 0 unspecified atom stereocenters. The van der Waals surface area contributed by atoms with Gasteiger partial charge in [-0.25, -0.2) is 0 Å². The molecule has 0 bridgehead atoms. The first-order valence-electron chi connectivity index (χ1n) is 6.11. The number of hydrogen-bond donors (Lipinski definition) is 2. The van der Waals surface area contributed by atoms with E-state index in [4.69, 9.17) is 16.3 Å². The number of nitrogens with one attached hydrogen (secondary N) is 2. The number of carbonyl (C=O) groups is 1. The zero-order valence-electron chi connectivity index (χ0n) is 10.1. The largest absolute Gasteiger partial charge is 0.370 e. The van der Waals surface area contributed by atoms with E-state index in [0.29, 0.717) is 23.4 Å². The Balaban J connectivity index is 1.70. The molecule has 2 rings (SSSR count). The molecule has 0 spiro atoms. The van der Waals surface area contributed by atoms with Crippen LogP contribution >= 0.6 is 11.6 Å². The average Bonchev–Trinajstić information content (AvgIpc) is 2.85. The summed E-state index contributed by atoms with van der Waals surface area (Å²) in [4.78, 5) is 11.6. The second-order valence-electron chi connectivity index (χ2n) is 4.34. The maximum absolute atomic E-state index is 11.6. The molecule has 1 fully saturated rings. The van der Waals surface area contributed by atoms with Gasteiger partial charge in [0.2, 0.25) is 5.91 Å². The van der Waals surface area contributed by atoms with Crippen LogP contribution in [0.4, 0.5) is 5.69 Å². The second kappa shape index (κ2) is 6.73. The molecular formula is C13H17ClN2O2. The Morgan fingerprint density at radius 3 is 3.06 bits per heavy atom. The molecule has 98 valence electrons. The van der Waals surface area contributed by atoms with E-state index in [-0.39, 0.29) is 12.5 Å². The van der Waals surface area contributed by atoms with Crippen molar-refractivity contribution in [2.24, 2.45) is 0 Å². The molecule has 1 heterocycles. The lowest BCUT2D eigenvalue weighted by molar-refractivity contribution is -0.120. The fraction of sp³-hybridized carbons (Fsp3) is 0.462.